The van der Waals surface area contributed by atoms with Crippen LogP contribution in [-0.4, -0.2) is 58.8 Å². The summed E-state index contributed by atoms with van der Waals surface area (Å²) < 4.78 is 29.4. The molecule has 34 heavy (non-hydrogen) atoms. The fraction of sp³-hybridized carbons (Fsp3) is 0.375. The molecule has 8 nitrogen and oxygen atoms in total. The van der Waals surface area contributed by atoms with Crippen molar-refractivity contribution in [3.63, 3.8) is 0 Å². The standard InChI is InChI=1S/C24H27N5O3S2/c1-18-6-8-20(9-7-18)29-17-25-26-24(29)33-16-23(30)28-14-4-5-19-15-21(10-11-22(19)28)34(31,32)27-12-2-3-13-27/h6-11,15,17H,2-5,12-14,16H2,1H3. The quantitative estimate of drug-likeness (QED) is 0.485. The number of amides is 1. The molecule has 0 unspecified atom stereocenters. The lowest BCUT2D eigenvalue weighted by atomic mass is 10.0. The number of carbonyl (C=O) groups is 1. The van der Waals surface area contributed by atoms with Gasteiger partial charge in [0, 0.05) is 31.0 Å². The zero-order valence-corrected chi connectivity index (χ0v) is 20.7. The Labute approximate surface area is 204 Å². The summed E-state index contributed by atoms with van der Waals surface area (Å²) >= 11 is 1.35. The number of hydrogen-bond donors (Lipinski definition) is 0. The molecule has 0 atom stereocenters. The number of anilines is 1. The molecule has 1 amide bonds. The van der Waals surface area contributed by atoms with Crippen molar-refractivity contribution < 1.29 is 13.2 Å². The molecule has 0 saturated carbocycles. The maximum Gasteiger partial charge on any atom is 0.243 e. The van der Waals surface area contributed by atoms with E-state index in [0.717, 1.165) is 42.6 Å². The number of nitrogens with zero attached hydrogens (tertiary/aromatic N) is 5. The second-order valence-electron chi connectivity index (χ2n) is 8.66. The van der Waals surface area contributed by atoms with Crippen LogP contribution in [-0.2, 0) is 21.2 Å². The summed E-state index contributed by atoms with van der Waals surface area (Å²) in [5, 5.41) is 8.86. The maximum atomic E-state index is 13.2. The van der Waals surface area contributed by atoms with Gasteiger partial charge in [-0.05, 0) is 68.5 Å². The third-order valence-electron chi connectivity index (χ3n) is 6.33. The summed E-state index contributed by atoms with van der Waals surface area (Å²) in [6.45, 7) is 3.81. The van der Waals surface area contributed by atoms with Crippen LogP contribution in [0.15, 0.2) is 58.8 Å². The molecule has 0 bridgehead atoms. The molecule has 0 aliphatic carbocycles. The topological polar surface area (TPSA) is 88.4 Å². The highest BCUT2D eigenvalue weighted by Crippen LogP contribution is 2.32. The van der Waals surface area contributed by atoms with Crippen molar-refractivity contribution in [3.05, 3.63) is 59.9 Å². The van der Waals surface area contributed by atoms with Crippen LogP contribution in [0.4, 0.5) is 5.69 Å². The van der Waals surface area contributed by atoms with E-state index in [1.165, 1.54) is 17.3 Å². The third-order valence-corrected chi connectivity index (χ3v) is 9.15. The summed E-state index contributed by atoms with van der Waals surface area (Å²) in [5.74, 6) is 0.192. The van der Waals surface area contributed by atoms with Crippen LogP contribution in [0.3, 0.4) is 0 Å². The third kappa shape index (κ3) is 4.49. The lowest BCUT2D eigenvalue weighted by Crippen LogP contribution is -2.37. The van der Waals surface area contributed by atoms with E-state index in [2.05, 4.69) is 10.2 Å². The van der Waals surface area contributed by atoms with E-state index >= 15 is 0 Å². The first kappa shape index (κ1) is 23.1. The van der Waals surface area contributed by atoms with Crippen LogP contribution in [0.5, 0.6) is 0 Å². The van der Waals surface area contributed by atoms with Gasteiger partial charge in [-0.2, -0.15) is 4.31 Å². The second-order valence-corrected chi connectivity index (χ2v) is 11.5. The molecular weight excluding hydrogens is 470 g/mol. The summed E-state index contributed by atoms with van der Waals surface area (Å²) in [4.78, 5) is 15.3. The Kier molecular flexibility index (Phi) is 6.46. The SMILES string of the molecule is Cc1ccc(-n2cnnc2SCC(=O)N2CCCc3cc(S(=O)(=O)N4CCCC4)ccc32)cc1. The van der Waals surface area contributed by atoms with Gasteiger partial charge in [-0.1, -0.05) is 29.5 Å². The molecule has 178 valence electrons. The lowest BCUT2D eigenvalue weighted by Gasteiger charge is -2.30. The Bertz CT molecular complexity index is 1300. The highest BCUT2D eigenvalue weighted by Gasteiger charge is 2.30. The minimum absolute atomic E-state index is 0.0282. The van der Waals surface area contributed by atoms with Gasteiger partial charge in [-0.15, -0.1) is 10.2 Å². The minimum Gasteiger partial charge on any atom is -0.311 e. The number of hydrogen-bond acceptors (Lipinski definition) is 6. The van der Waals surface area contributed by atoms with Crippen LogP contribution in [0.1, 0.15) is 30.4 Å². The minimum atomic E-state index is -3.48. The van der Waals surface area contributed by atoms with Gasteiger partial charge in [-0.25, -0.2) is 8.42 Å². The van der Waals surface area contributed by atoms with E-state index in [-0.39, 0.29) is 11.7 Å². The first-order valence-corrected chi connectivity index (χ1v) is 13.9. The number of rotatable bonds is 6. The fourth-order valence-electron chi connectivity index (χ4n) is 4.48. The number of thioether (sulfide) groups is 1. The normalized spacial score (nSPS) is 16.6. The van der Waals surface area contributed by atoms with E-state index in [1.54, 1.807) is 33.7 Å². The molecule has 0 spiro atoms. The molecule has 3 aromatic rings. The number of aryl methyl sites for hydroxylation is 2. The predicted molar refractivity (Wildman–Crippen MR) is 132 cm³/mol. The van der Waals surface area contributed by atoms with E-state index in [9.17, 15) is 13.2 Å². The van der Waals surface area contributed by atoms with Crippen molar-refractivity contribution in [1.82, 2.24) is 19.1 Å². The fourth-order valence-corrected chi connectivity index (χ4v) is 6.85. The summed E-state index contributed by atoms with van der Waals surface area (Å²) in [7, 11) is -3.48. The molecular formula is C24H27N5O3S2. The zero-order chi connectivity index (χ0) is 23.7. The van der Waals surface area contributed by atoms with Crippen molar-refractivity contribution in [2.75, 3.05) is 30.3 Å². The predicted octanol–water partition coefficient (Wildman–Crippen LogP) is 3.43. The summed E-state index contributed by atoms with van der Waals surface area (Å²) in [6.07, 6.45) is 5.02. The molecule has 0 N–H and O–H groups in total. The van der Waals surface area contributed by atoms with Crippen molar-refractivity contribution in [2.24, 2.45) is 0 Å². The molecule has 2 aromatic carbocycles. The second kappa shape index (κ2) is 9.52. The average Bonchev–Trinajstić information content (AvgIpc) is 3.55. The zero-order valence-electron chi connectivity index (χ0n) is 19.1. The van der Waals surface area contributed by atoms with Crippen LogP contribution >= 0.6 is 11.8 Å². The van der Waals surface area contributed by atoms with E-state index in [4.69, 9.17) is 0 Å². The van der Waals surface area contributed by atoms with E-state index in [1.807, 2.05) is 35.8 Å². The monoisotopic (exact) mass is 497 g/mol. The van der Waals surface area contributed by atoms with Crippen molar-refractivity contribution in [3.8, 4) is 5.69 Å². The number of carbonyl (C=O) groups excluding carboxylic acids is 1. The molecule has 2 aliphatic rings. The van der Waals surface area contributed by atoms with Gasteiger partial charge in [0.25, 0.3) is 0 Å². The highest BCUT2D eigenvalue weighted by molar-refractivity contribution is 7.99. The van der Waals surface area contributed by atoms with Crippen LogP contribution in [0.25, 0.3) is 5.69 Å². The van der Waals surface area contributed by atoms with Crippen molar-refractivity contribution >= 4 is 33.4 Å². The van der Waals surface area contributed by atoms with Crippen molar-refractivity contribution in [1.29, 1.82) is 0 Å². The molecule has 1 fully saturated rings. The number of sulfonamides is 1. The first-order valence-electron chi connectivity index (χ1n) is 11.5. The molecule has 1 saturated heterocycles. The number of fused-ring (bicyclic) bond motifs is 1. The Balaban J connectivity index is 1.31. The summed E-state index contributed by atoms with van der Waals surface area (Å²) in [6, 6.07) is 13.2. The van der Waals surface area contributed by atoms with Gasteiger partial charge < -0.3 is 4.90 Å². The Morgan fingerprint density at radius 2 is 1.79 bits per heavy atom. The van der Waals surface area contributed by atoms with Crippen molar-refractivity contribution in [2.45, 2.75) is 42.7 Å². The summed E-state index contributed by atoms with van der Waals surface area (Å²) in [5.41, 5.74) is 3.83. The average molecular weight is 498 g/mol. The molecule has 2 aliphatic heterocycles. The van der Waals surface area contributed by atoms with Crippen LogP contribution in [0, 0.1) is 6.92 Å². The Morgan fingerprint density at radius 1 is 1.03 bits per heavy atom. The molecule has 0 radical (unpaired) electrons. The first-order chi connectivity index (χ1) is 16.4. The van der Waals surface area contributed by atoms with Gasteiger partial charge in [0.1, 0.15) is 6.33 Å². The largest absolute Gasteiger partial charge is 0.311 e. The Morgan fingerprint density at radius 3 is 2.56 bits per heavy atom. The molecule has 1 aromatic heterocycles. The Hall–Kier alpha value is -2.69. The molecule has 5 rings (SSSR count). The van der Waals surface area contributed by atoms with Gasteiger partial charge in [0.15, 0.2) is 5.16 Å². The number of benzene rings is 2. The maximum absolute atomic E-state index is 13.2. The van der Waals surface area contributed by atoms with Crippen LogP contribution < -0.4 is 4.90 Å². The molecule has 3 heterocycles. The van der Waals surface area contributed by atoms with E-state index in [0.29, 0.717) is 29.7 Å². The van der Waals surface area contributed by atoms with Gasteiger partial charge in [-0.3, -0.25) is 9.36 Å². The number of aromatic nitrogens is 3. The highest BCUT2D eigenvalue weighted by atomic mass is 32.2. The van der Waals surface area contributed by atoms with Gasteiger partial charge in [0.2, 0.25) is 15.9 Å². The smallest absolute Gasteiger partial charge is 0.243 e. The lowest BCUT2D eigenvalue weighted by molar-refractivity contribution is -0.116. The van der Waals surface area contributed by atoms with Gasteiger partial charge in [0.05, 0.1) is 10.6 Å². The van der Waals surface area contributed by atoms with E-state index < -0.39 is 10.0 Å². The van der Waals surface area contributed by atoms with Gasteiger partial charge >= 0.3 is 0 Å². The van der Waals surface area contributed by atoms with Crippen LogP contribution in [0.2, 0.25) is 0 Å². The molecule has 10 heteroatoms.